The highest BCUT2D eigenvalue weighted by Crippen LogP contribution is 2.40. The van der Waals surface area contributed by atoms with Gasteiger partial charge in [-0.05, 0) is 62.2 Å². The Balaban J connectivity index is 1.55. The zero-order chi connectivity index (χ0) is 23.5. The molecule has 0 saturated heterocycles. The number of methoxy groups -OCH3 is 2. The highest BCUT2D eigenvalue weighted by atomic mass is 79.9. The van der Waals surface area contributed by atoms with Crippen molar-refractivity contribution in [3.8, 4) is 23.1 Å². The molecule has 0 fully saturated rings. The predicted molar refractivity (Wildman–Crippen MR) is 129 cm³/mol. The van der Waals surface area contributed by atoms with Crippen LogP contribution in [0.4, 0.5) is 0 Å². The number of aromatic nitrogens is 3. The molecule has 2 aromatic heterocycles. The molecule has 0 aliphatic carbocycles. The van der Waals surface area contributed by atoms with E-state index in [2.05, 4.69) is 41.8 Å². The molecule has 4 aromatic rings. The molecular formula is C23H19Br2N3O5. The van der Waals surface area contributed by atoms with E-state index in [0.29, 0.717) is 37.6 Å². The summed E-state index contributed by atoms with van der Waals surface area (Å²) >= 11 is 6.87. The number of pyridine rings is 1. The summed E-state index contributed by atoms with van der Waals surface area (Å²) in [7, 11) is 4.82. The molecule has 0 unspecified atom stereocenters. The van der Waals surface area contributed by atoms with Crippen LogP contribution in [0.1, 0.15) is 16.2 Å². The third-order valence-corrected chi connectivity index (χ3v) is 6.15. The fourth-order valence-corrected chi connectivity index (χ4v) is 4.48. The van der Waals surface area contributed by atoms with Crippen LogP contribution >= 0.6 is 31.9 Å². The minimum Gasteiger partial charge on any atom is -0.494 e. The van der Waals surface area contributed by atoms with Gasteiger partial charge in [-0.1, -0.05) is 6.07 Å². The summed E-state index contributed by atoms with van der Waals surface area (Å²) in [6, 6.07) is 12.4. The average Bonchev–Trinajstić information content (AvgIpc) is 3.14. The standard InChI is InChI=1S/C23H19Br2N3O5/c1-28-18-10-15(33-22-20(25)21(30-2)16(24)11-26-22)7-8-17(18)27-19(28)12-32-14-6-4-5-13(9-14)23(29)31-3/h4-11H,12H2,1-3H3. The zero-order valence-corrected chi connectivity index (χ0v) is 21.1. The Labute approximate surface area is 206 Å². The largest absolute Gasteiger partial charge is 0.494 e. The van der Waals surface area contributed by atoms with Gasteiger partial charge in [-0.25, -0.2) is 14.8 Å². The van der Waals surface area contributed by atoms with Crippen LogP contribution in [0.5, 0.6) is 23.1 Å². The molecule has 10 heteroatoms. The molecule has 0 saturated carbocycles. The maximum Gasteiger partial charge on any atom is 0.337 e. The van der Waals surface area contributed by atoms with Crippen molar-refractivity contribution in [3.05, 3.63) is 69.0 Å². The molecule has 0 aliphatic rings. The Kier molecular flexibility index (Phi) is 6.85. The second kappa shape index (κ2) is 9.80. The van der Waals surface area contributed by atoms with Crippen molar-refractivity contribution in [1.82, 2.24) is 14.5 Å². The van der Waals surface area contributed by atoms with Gasteiger partial charge < -0.3 is 23.5 Å². The molecule has 0 spiro atoms. The number of imidazole rings is 1. The predicted octanol–water partition coefficient (Wildman–Crippen LogP) is 5.66. The zero-order valence-electron chi connectivity index (χ0n) is 18.0. The van der Waals surface area contributed by atoms with Crippen LogP contribution in [0.25, 0.3) is 11.0 Å². The number of ether oxygens (including phenoxy) is 4. The van der Waals surface area contributed by atoms with E-state index < -0.39 is 5.97 Å². The second-order valence-corrected chi connectivity index (χ2v) is 8.55. The van der Waals surface area contributed by atoms with E-state index in [-0.39, 0.29) is 6.61 Å². The number of fused-ring (bicyclic) bond motifs is 1. The van der Waals surface area contributed by atoms with Gasteiger partial charge in [0, 0.05) is 19.3 Å². The summed E-state index contributed by atoms with van der Waals surface area (Å²) in [4.78, 5) is 20.7. The lowest BCUT2D eigenvalue weighted by molar-refractivity contribution is 0.0600. The number of hydrogen-bond acceptors (Lipinski definition) is 7. The first kappa shape index (κ1) is 23.1. The van der Waals surface area contributed by atoms with Crippen LogP contribution in [0, 0.1) is 0 Å². The van der Waals surface area contributed by atoms with E-state index in [0.717, 1.165) is 16.9 Å². The number of halogens is 2. The number of hydrogen-bond donors (Lipinski definition) is 0. The van der Waals surface area contributed by atoms with Crippen LogP contribution < -0.4 is 14.2 Å². The molecule has 0 atom stereocenters. The lowest BCUT2D eigenvalue weighted by Gasteiger charge is -2.11. The first-order valence-electron chi connectivity index (χ1n) is 9.73. The minimum absolute atomic E-state index is 0.225. The molecule has 170 valence electrons. The van der Waals surface area contributed by atoms with Gasteiger partial charge in [-0.15, -0.1) is 0 Å². The fourth-order valence-electron chi connectivity index (χ4n) is 3.19. The molecule has 8 nitrogen and oxygen atoms in total. The van der Waals surface area contributed by atoms with Crippen molar-refractivity contribution < 1.29 is 23.7 Å². The number of carbonyl (C=O) groups is 1. The van der Waals surface area contributed by atoms with Crippen LogP contribution in [-0.4, -0.2) is 34.7 Å². The van der Waals surface area contributed by atoms with E-state index >= 15 is 0 Å². The van der Waals surface area contributed by atoms with E-state index in [1.165, 1.54) is 7.11 Å². The number of esters is 1. The number of aryl methyl sites for hydroxylation is 1. The SMILES string of the molecule is COC(=O)c1cccc(OCc2nc3ccc(Oc4ncc(Br)c(OC)c4Br)cc3n2C)c1. The van der Waals surface area contributed by atoms with Crippen LogP contribution in [0.2, 0.25) is 0 Å². The second-order valence-electron chi connectivity index (χ2n) is 6.91. The summed E-state index contributed by atoms with van der Waals surface area (Å²) in [6.45, 7) is 0.225. The van der Waals surface area contributed by atoms with Gasteiger partial charge in [0.2, 0.25) is 5.88 Å². The summed E-state index contributed by atoms with van der Waals surface area (Å²) in [5.41, 5.74) is 2.09. The maximum absolute atomic E-state index is 11.7. The Morgan fingerprint density at radius 1 is 1.09 bits per heavy atom. The molecule has 0 aliphatic heterocycles. The number of benzene rings is 2. The first-order chi connectivity index (χ1) is 15.9. The van der Waals surface area contributed by atoms with Crippen molar-refractivity contribution in [2.45, 2.75) is 6.61 Å². The Bertz CT molecular complexity index is 1340. The molecule has 33 heavy (non-hydrogen) atoms. The fraction of sp³-hybridized carbons (Fsp3) is 0.174. The molecule has 0 N–H and O–H groups in total. The summed E-state index contributed by atoms with van der Waals surface area (Å²) < 4.78 is 25.2. The topological polar surface area (TPSA) is 84.7 Å². The lowest BCUT2D eigenvalue weighted by Crippen LogP contribution is -2.05. The van der Waals surface area contributed by atoms with Gasteiger partial charge in [0.05, 0.1) is 35.3 Å². The molecule has 0 amide bonds. The maximum atomic E-state index is 11.7. The summed E-state index contributed by atoms with van der Waals surface area (Å²) in [5.74, 6) is 2.42. The van der Waals surface area contributed by atoms with E-state index in [1.54, 1.807) is 37.6 Å². The van der Waals surface area contributed by atoms with E-state index in [9.17, 15) is 4.79 Å². The molecule has 2 aromatic carbocycles. The van der Waals surface area contributed by atoms with Gasteiger partial charge in [0.25, 0.3) is 0 Å². The molecule has 4 rings (SSSR count). The van der Waals surface area contributed by atoms with Gasteiger partial charge in [0.15, 0.2) is 5.75 Å². The van der Waals surface area contributed by atoms with Gasteiger partial charge in [-0.3, -0.25) is 0 Å². The number of rotatable bonds is 7. The third kappa shape index (κ3) is 4.81. The first-order valence-corrected chi connectivity index (χ1v) is 11.3. The van der Waals surface area contributed by atoms with Crippen LogP contribution in [0.15, 0.2) is 57.6 Å². The Morgan fingerprint density at radius 2 is 1.91 bits per heavy atom. The Morgan fingerprint density at radius 3 is 2.67 bits per heavy atom. The number of nitrogens with zero attached hydrogens (tertiary/aromatic N) is 3. The van der Waals surface area contributed by atoms with Crippen molar-refractivity contribution in [2.75, 3.05) is 14.2 Å². The summed E-state index contributed by atoms with van der Waals surface area (Å²) in [6.07, 6.45) is 1.62. The van der Waals surface area contributed by atoms with Gasteiger partial charge in [0.1, 0.15) is 28.4 Å². The van der Waals surface area contributed by atoms with E-state index in [1.807, 2.05) is 29.8 Å². The third-order valence-electron chi connectivity index (χ3n) is 4.89. The van der Waals surface area contributed by atoms with Crippen molar-refractivity contribution in [3.63, 3.8) is 0 Å². The molecule has 2 heterocycles. The highest BCUT2D eigenvalue weighted by Gasteiger charge is 2.16. The van der Waals surface area contributed by atoms with Gasteiger partial charge >= 0.3 is 5.97 Å². The van der Waals surface area contributed by atoms with Crippen molar-refractivity contribution in [2.24, 2.45) is 7.05 Å². The van der Waals surface area contributed by atoms with Crippen molar-refractivity contribution in [1.29, 1.82) is 0 Å². The van der Waals surface area contributed by atoms with E-state index in [4.69, 9.17) is 18.9 Å². The molecular weight excluding hydrogens is 558 g/mol. The van der Waals surface area contributed by atoms with Gasteiger partial charge in [-0.2, -0.15) is 0 Å². The lowest BCUT2D eigenvalue weighted by atomic mass is 10.2. The number of carbonyl (C=O) groups excluding carboxylic acids is 1. The smallest absolute Gasteiger partial charge is 0.337 e. The normalized spacial score (nSPS) is 10.8. The minimum atomic E-state index is -0.416. The van der Waals surface area contributed by atoms with Crippen LogP contribution in [-0.2, 0) is 18.4 Å². The molecule has 0 bridgehead atoms. The summed E-state index contributed by atoms with van der Waals surface area (Å²) in [5, 5.41) is 0. The quantitative estimate of drug-likeness (QED) is 0.262. The van der Waals surface area contributed by atoms with Crippen molar-refractivity contribution >= 4 is 48.9 Å². The Hall–Kier alpha value is -3.11. The molecule has 0 radical (unpaired) electrons. The highest BCUT2D eigenvalue weighted by molar-refractivity contribution is 9.11. The van der Waals surface area contributed by atoms with Crippen LogP contribution in [0.3, 0.4) is 0 Å². The average molecular weight is 577 g/mol. The monoisotopic (exact) mass is 575 g/mol.